The van der Waals surface area contributed by atoms with Crippen molar-refractivity contribution in [2.75, 3.05) is 6.61 Å². The summed E-state index contributed by atoms with van der Waals surface area (Å²) in [5, 5.41) is 5.74. The average Bonchev–Trinajstić information content (AvgIpc) is 2.97. The first-order chi connectivity index (χ1) is 12.0. The van der Waals surface area contributed by atoms with Crippen LogP contribution in [0.5, 0.6) is 5.75 Å². The molecular formula is C19H18ClNO4. The van der Waals surface area contributed by atoms with Gasteiger partial charge >= 0.3 is 5.97 Å². The number of halogens is 1. The normalized spacial score (nSPS) is 11.0. The predicted octanol–water partition coefficient (Wildman–Crippen LogP) is 4.40. The number of carbonyl (C=O) groups is 1. The lowest BCUT2D eigenvalue weighted by Crippen LogP contribution is -2.18. The van der Waals surface area contributed by atoms with E-state index in [0.29, 0.717) is 22.8 Å². The molecule has 6 heteroatoms. The number of esters is 1. The van der Waals surface area contributed by atoms with Crippen LogP contribution in [0.15, 0.2) is 47.0 Å². The molecular weight excluding hydrogens is 342 g/mol. The van der Waals surface area contributed by atoms with Gasteiger partial charge in [0.05, 0.1) is 11.8 Å². The van der Waals surface area contributed by atoms with Gasteiger partial charge in [0, 0.05) is 22.9 Å². The summed E-state index contributed by atoms with van der Waals surface area (Å²) in [6.07, 6.45) is 0.480. The third-order valence-corrected chi connectivity index (χ3v) is 3.78. The third-order valence-electron chi connectivity index (χ3n) is 3.53. The summed E-state index contributed by atoms with van der Waals surface area (Å²) in [7, 11) is 0. The Morgan fingerprint density at radius 3 is 2.68 bits per heavy atom. The SMILES string of the molecule is CC(C)OC(=O)COc1ccc2c(Cc3ccc(Cl)cc3)noc2c1. The van der Waals surface area contributed by atoms with Crippen LogP contribution in [0.4, 0.5) is 0 Å². The fraction of sp³-hybridized carbons (Fsp3) is 0.263. The number of fused-ring (bicyclic) bond motifs is 1. The Hall–Kier alpha value is -2.53. The van der Waals surface area contributed by atoms with Gasteiger partial charge in [-0.3, -0.25) is 0 Å². The molecule has 0 aliphatic rings. The average molecular weight is 360 g/mol. The molecule has 0 saturated heterocycles. The molecule has 130 valence electrons. The van der Waals surface area contributed by atoms with E-state index in [-0.39, 0.29) is 12.7 Å². The third kappa shape index (κ3) is 4.51. The molecule has 0 amide bonds. The Morgan fingerprint density at radius 1 is 1.20 bits per heavy atom. The van der Waals surface area contributed by atoms with E-state index in [1.165, 1.54) is 0 Å². The Bertz CT molecular complexity index is 871. The smallest absolute Gasteiger partial charge is 0.344 e. The zero-order chi connectivity index (χ0) is 17.8. The first-order valence-corrected chi connectivity index (χ1v) is 8.34. The molecule has 0 unspecified atom stereocenters. The molecule has 2 aromatic carbocycles. The second-order valence-corrected chi connectivity index (χ2v) is 6.35. The zero-order valence-corrected chi connectivity index (χ0v) is 14.7. The van der Waals surface area contributed by atoms with Crippen molar-refractivity contribution in [3.63, 3.8) is 0 Å². The molecule has 3 rings (SSSR count). The van der Waals surface area contributed by atoms with Gasteiger partial charge in [0.2, 0.25) is 0 Å². The highest BCUT2D eigenvalue weighted by Gasteiger charge is 2.12. The van der Waals surface area contributed by atoms with E-state index in [1.807, 2.05) is 30.3 Å². The van der Waals surface area contributed by atoms with E-state index < -0.39 is 5.97 Å². The quantitative estimate of drug-likeness (QED) is 0.610. The Kier molecular flexibility index (Phi) is 5.24. The highest BCUT2D eigenvalue weighted by Crippen LogP contribution is 2.25. The van der Waals surface area contributed by atoms with Crippen LogP contribution in [-0.2, 0) is 16.0 Å². The summed E-state index contributed by atoms with van der Waals surface area (Å²) in [5.74, 6) is 0.124. The summed E-state index contributed by atoms with van der Waals surface area (Å²) in [6, 6.07) is 13.0. The monoisotopic (exact) mass is 359 g/mol. The van der Waals surface area contributed by atoms with E-state index in [2.05, 4.69) is 5.16 Å². The van der Waals surface area contributed by atoms with Crippen molar-refractivity contribution < 1.29 is 18.8 Å². The van der Waals surface area contributed by atoms with Gasteiger partial charge in [0.1, 0.15) is 5.75 Å². The lowest BCUT2D eigenvalue weighted by atomic mass is 10.1. The van der Waals surface area contributed by atoms with Crippen molar-refractivity contribution in [2.45, 2.75) is 26.4 Å². The summed E-state index contributed by atoms with van der Waals surface area (Å²) < 4.78 is 15.9. The van der Waals surface area contributed by atoms with Gasteiger partial charge < -0.3 is 14.0 Å². The maximum absolute atomic E-state index is 11.5. The Balaban J connectivity index is 1.70. The molecule has 1 aromatic heterocycles. The lowest BCUT2D eigenvalue weighted by Gasteiger charge is -2.09. The lowest BCUT2D eigenvalue weighted by molar-refractivity contribution is -0.149. The number of benzene rings is 2. The van der Waals surface area contributed by atoms with Gasteiger partial charge in [-0.05, 0) is 43.7 Å². The molecule has 0 fully saturated rings. The molecule has 0 spiro atoms. The van der Waals surface area contributed by atoms with Crippen LogP contribution in [0, 0.1) is 0 Å². The van der Waals surface area contributed by atoms with Crippen LogP contribution in [0.25, 0.3) is 11.0 Å². The van der Waals surface area contributed by atoms with Crippen molar-refractivity contribution in [1.82, 2.24) is 5.16 Å². The zero-order valence-electron chi connectivity index (χ0n) is 14.0. The standard InChI is InChI=1S/C19H18ClNO4/c1-12(2)24-19(22)11-23-15-7-8-16-17(21-25-18(16)10-15)9-13-3-5-14(20)6-4-13/h3-8,10,12H,9,11H2,1-2H3. The highest BCUT2D eigenvalue weighted by atomic mass is 35.5. The van der Waals surface area contributed by atoms with Gasteiger partial charge in [-0.1, -0.05) is 28.9 Å². The number of nitrogens with zero attached hydrogens (tertiary/aromatic N) is 1. The minimum absolute atomic E-state index is 0.143. The van der Waals surface area contributed by atoms with E-state index in [0.717, 1.165) is 16.6 Å². The fourth-order valence-electron chi connectivity index (χ4n) is 2.42. The first kappa shape index (κ1) is 17.3. The molecule has 0 radical (unpaired) electrons. The number of rotatable bonds is 6. The molecule has 0 atom stereocenters. The molecule has 25 heavy (non-hydrogen) atoms. The molecule has 1 heterocycles. The molecule has 0 N–H and O–H groups in total. The topological polar surface area (TPSA) is 61.6 Å². The van der Waals surface area contributed by atoms with Crippen molar-refractivity contribution in [1.29, 1.82) is 0 Å². The maximum atomic E-state index is 11.5. The largest absolute Gasteiger partial charge is 0.482 e. The Labute approximate surface area is 150 Å². The van der Waals surface area contributed by atoms with Crippen molar-refractivity contribution in [3.8, 4) is 5.75 Å². The minimum atomic E-state index is -0.406. The van der Waals surface area contributed by atoms with Gasteiger partial charge in [-0.2, -0.15) is 0 Å². The summed E-state index contributed by atoms with van der Waals surface area (Å²) >= 11 is 5.90. The van der Waals surface area contributed by atoms with Crippen LogP contribution in [0.2, 0.25) is 5.02 Å². The number of hydrogen-bond donors (Lipinski definition) is 0. The minimum Gasteiger partial charge on any atom is -0.482 e. The van der Waals surface area contributed by atoms with Crippen LogP contribution in [0.3, 0.4) is 0 Å². The van der Waals surface area contributed by atoms with Crippen LogP contribution in [0.1, 0.15) is 25.1 Å². The molecule has 5 nitrogen and oxygen atoms in total. The van der Waals surface area contributed by atoms with Crippen LogP contribution < -0.4 is 4.74 Å². The van der Waals surface area contributed by atoms with Gasteiger partial charge in [-0.15, -0.1) is 0 Å². The van der Waals surface area contributed by atoms with E-state index in [1.54, 1.807) is 26.0 Å². The van der Waals surface area contributed by atoms with E-state index in [4.69, 9.17) is 25.6 Å². The summed E-state index contributed by atoms with van der Waals surface area (Å²) in [4.78, 5) is 11.5. The van der Waals surface area contributed by atoms with Gasteiger partial charge in [0.25, 0.3) is 0 Å². The molecule has 3 aromatic rings. The number of carbonyl (C=O) groups excluding carboxylic acids is 1. The Morgan fingerprint density at radius 2 is 1.96 bits per heavy atom. The number of aromatic nitrogens is 1. The van der Waals surface area contributed by atoms with E-state index >= 15 is 0 Å². The van der Waals surface area contributed by atoms with Crippen molar-refractivity contribution in [3.05, 3.63) is 58.7 Å². The first-order valence-electron chi connectivity index (χ1n) is 7.96. The second kappa shape index (κ2) is 7.57. The van der Waals surface area contributed by atoms with Gasteiger partial charge in [-0.25, -0.2) is 4.79 Å². The number of ether oxygens (including phenoxy) is 2. The molecule has 0 aliphatic heterocycles. The number of hydrogen-bond acceptors (Lipinski definition) is 5. The van der Waals surface area contributed by atoms with Crippen LogP contribution in [-0.4, -0.2) is 23.8 Å². The summed E-state index contributed by atoms with van der Waals surface area (Å²) in [5.41, 5.74) is 2.54. The van der Waals surface area contributed by atoms with E-state index in [9.17, 15) is 4.79 Å². The fourth-order valence-corrected chi connectivity index (χ4v) is 2.55. The summed E-state index contributed by atoms with van der Waals surface area (Å²) in [6.45, 7) is 3.44. The van der Waals surface area contributed by atoms with Crippen molar-refractivity contribution in [2.24, 2.45) is 0 Å². The van der Waals surface area contributed by atoms with Gasteiger partial charge in [0.15, 0.2) is 12.2 Å². The molecule has 0 bridgehead atoms. The van der Waals surface area contributed by atoms with Crippen LogP contribution >= 0.6 is 11.6 Å². The predicted molar refractivity (Wildman–Crippen MR) is 95.0 cm³/mol. The molecule has 0 aliphatic carbocycles. The molecule has 0 saturated carbocycles. The second-order valence-electron chi connectivity index (χ2n) is 5.92. The highest BCUT2D eigenvalue weighted by molar-refractivity contribution is 6.30. The van der Waals surface area contributed by atoms with Crippen molar-refractivity contribution >= 4 is 28.5 Å². The maximum Gasteiger partial charge on any atom is 0.344 e.